The van der Waals surface area contributed by atoms with Crippen molar-refractivity contribution in [3.05, 3.63) is 34.2 Å². The maximum Gasteiger partial charge on any atom is 0.0350 e. The molecule has 0 fully saturated rings. The summed E-state index contributed by atoms with van der Waals surface area (Å²) in [5.74, 6) is 0. The van der Waals surface area contributed by atoms with Crippen LogP contribution in [0.4, 0.5) is 0 Å². The van der Waals surface area contributed by atoms with Gasteiger partial charge in [-0.3, -0.25) is 0 Å². The highest BCUT2D eigenvalue weighted by Crippen LogP contribution is 2.30. The van der Waals surface area contributed by atoms with E-state index in [1.165, 1.54) is 26.8 Å². The molecule has 0 saturated carbocycles. The second kappa shape index (κ2) is 3.74. The number of thiophene rings is 1. The van der Waals surface area contributed by atoms with Crippen molar-refractivity contribution in [3.63, 3.8) is 0 Å². The molecule has 0 unspecified atom stereocenters. The van der Waals surface area contributed by atoms with Crippen molar-refractivity contribution in [2.45, 2.75) is 33.6 Å². The molecule has 14 heavy (non-hydrogen) atoms. The summed E-state index contributed by atoms with van der Waals surface area (Å²) in [6.45, 7) is 6.68. The number of aryl methyl sites for hydroxylation is 3. The third-order valence-corrected chi connectivity index (χ3v) is 3.84. The van der Waals surface area contributed by atoms with E-state index < -0.39 is 0 Å². The second-order valence-corrected chi connectivity index (χ2v) is 4.67. The Hall–Kier alpha value is -0.820. The number of rotatable bonds is 2. The summed E-state index contributed by atoms with van der Waals surface area (Å²) in [4.78, 5) is 0. The van der Waals surface area contributed by atoms with Crippen LogP contribution in [-0.2, 0) is 12.8 Å². The summed E-state index contributed by atoms with van der Waals surface area (Å²) < 4.78 is 1.46. The topological polar surface area (TPSA) is 0 Å². The lowest BCUT2D eigenvalue weighted by atomic mass is 10.0. The highest BCUT2D eigenvalue weighted by atomic mass is 32.1. The van der Waals surface area contributed by atoms with Gasteiger partial charge in [-0.25, -0.2) is 0 Å². The molecule has 0 amide bonds. The average molecular weight is 204 g/mol. The zero-order valence-corrected chi connectivity index (χ0v) is 9.87. The highest BCUT2D eigenvalue weighted by Gasteiger charge is 2.06. The van der Waals surface area contributed by atoms with Crippen LogP contribution in [0.1, 0.15) is 30.5 Å². The van der Waals surface area contributed by atoms with Crippen molar-refractivity contribution >= 4 is 21.4 Å². The summed E-state index contributed by atoms with van der Waals surface area (Å²) >= 11 is 1.87. The van der Waals surface area contributed by atoms with Crippen LogP contribution >= 0.6 is 11.3 Å². The highest BCUT2D eigenvalue weighted by molar-refractivity contribution is 7.17. The largest absolute Gasteiger partial charge is 0.144 e. The number of hydrogen-bond donors (Lipinski definition) is 0. The molecule has 74 valence electrons. The Labute approximate surface area is 89.6 Å². The van der Waals surface area contributed by atoms with E-state index in [-0.39, 0.29) is 0 Å². The van der Waals surface area contributed by atoms with Crippen molar-refractivity contribution in [1.29, 1.82) is 0 Å². The third-order valence-electron chi connectivity index (χ3n) is 2.79. The fraction of sp³-hybridized carbons (Fsp3) is 0.385. The van der Waals surface area contributed by atoms with Crippen molar-refractivity contribution in [2.75, 3.05) is 0 Å². The van der Waals surface area contributed by atoms with E-state index in [9.17, 15) is 0 Å². The monoisotopic (exact) mass is 204 g/mol. The standard InChI is InChI=1S/C13H16S/c1-4-10-6-11(5-2)13-9(3)8-14-12(13)7-10/h6-8H,4-5H2,1-3H3. The van der Waals surface area contributed by atoms with E-state index in [0.717, 1.165) is 12.8 Å². The quantitative estimate of drug-likeness (QED) is 0.683. The van der Waals surface area contributed by atoms with Crippen LogP contribution in [0, 0.1) is 6.92 Å². The summed E-state index contributed by atoms with van der Waals surface area (Å²) in [5.41, 5.74) is 4.42. The average Bonchev–Trinajstić information content (AvgIpc) is 2.59. The molecule has 0 aliphatic carbocycles. The molecule has 1 heteroatoms. The summed E-state index contributed by atoms with van der Waals surface area (Å²) in [7, 11) is 0. The predicted octanol–water partition coefficient (Wildman–Crippen LogP) is 4.33. The third kappa shape index (κ3) is 1.46. The first-order valence-corrected chi connectivity index (χ1v) is 6.13. The smallest absolute Gasteiger partial charge is 0.0350 e. The second-order valence-electron chi connectivity index (χ2n) is 3.75. The van der Waals surface area contributed by atoms with Crippen molar-refractivity contribution in [2.24, 2.45) is 0 Å². The molecule has 2 aromatic rings. The Kier molecular flexibility index (Phi) is 2.60. The molecule has 0 radical (unpaired) electrons. The molecule has 0 aliphatic rings. The zero-order valence-electron chi connectivity index (χ0n) is 9.05. The van der Waals surface area contributed by atoms with Gasteiger partial charge >= 0.3 is 0 Å². The van der Waals surface area contributed by atoms with Crippen molar-refractivity contribution in [1.82, 2.24) is 0 Å². The summed E-state index contributed by atoms with van der Waals surface area (Å²) in [6.07, 6.45) is 2.28. The van der Waals surface area contributed by atoms with Crippen molar-refractivity contribution in [3.8, 4) is 0 Å². The van der Waals surface area contributed by atoms with Gasteiger partial charge in [-0.05, 0) is 53.3 Å². The fourth-order valence-electron chi connectivity index (χ4n) is 1.97. The molecule has 0 N–H and O–H groups in total. The van der Waals surface area contributed by atoms with E-state index in [1.54, 1.807) is 0 Å². The van der Waals surface area contributed by atoms with Crippen LogP contribution in [0.2, 0.25) is 0 Å². The van der Waals surface area contributed by atoms with Gasteiger partial charge in [0.05, 0.1) is 0 Å². The minimum atomic E-state index is 1.14. The van der Waals surface area contributed by atoms with E-state index in [0.29, 0.717) is 0 Å². The lowest BCUT2D eigenvalue weighted by molar-refractivity contribution is 1.10. The van der Waals surface area contributed by atoms with Crippen LogP contribution in [0.3, 0.4) is 0 Å². The van der Waals surface area contributed by atoms with E-state index in [4.69, 9.17) is 0 Å². The van der Waals surface area contributed by atoms with Crippen LogP contribution < -0.4 is 0 Å². The molecule has 0 bridgehead atoms. The van der Waals surface area contributed by atoms with E-state index in [2.05, 4.69) is 38.3 Å². The molecule has 2 rings (SSSR count). The fourth-order valence-corrected chi connectivity index (χ4v) is 3.02. The molecular weight excluding hydrogens is 188 g/mol. The Balaban J connectivity index is 2.76. The zero-order chi connectivity index (χ0) is 10.1. The van der Waals surface area contributed by atoms with Gasteiger partial charge in [0.2, 0.25) is 0 Å². The first kappa shape index (κ1) is 9.72. The molecule has 1 aromatic heterocycles. The molecule has 0 atom stereocenters. The van der Waals surface area contributed by atoms with Gasteiger partial charge in [-0.1, -0.05) is 19.9 Å². The van der Waals surface area contributed by atoms with Crippen LogP contribution in [0.15, 0.2) is 17.5 Å². The van der Waals surface area contributed by atoms with Crippen LogP contribution in [0.25, 0.3) is 10.1 Å². The van der Waals surface area contributed by atoms with Gasteiger partial charge in [0.15, 0.2) is 0 Å². The minimum absolute atomic E-state index is 1.14. The number of hydrogen-bond acceptors (Lipinski definition) is 1. The van der Waals surface area contributed by atoms with Crippen LogP contribution in [0.5, 0.6) is 0 Å². The Morgan fingerprint density at radius 3 is 2.57 bits per heavy atom. The Bertz CT molecular complexity index is 451. The first-order chi connectivity index (χ1) is 6.76. The molecule has 0 nitrogen and oxygen atoms in total. The van der Waals surface area contributed by atoms with Gasteiger partial charge in [0.1, 0.15) is 0 Å². The number of benzene rings is 1. The van der Waals surface area contributed by atoms with Crippen molar-refractivity contribution < 1.29 is 0 Å². The Morgan fingerprint density at radius 1 is 1.14 bits per heavy atom. The van der Waals surface area contributed by atoms with Gasteiger partial charge in [0.25, 0.3) is 0 Å². The molecular formula is C13H16S. The lowest BCUT2D eigenvalue weighted by Gasteiger charge is -2.04. The summed E-state index contributed by atoms with van der Waals surface area (Å²) in [6, 6.07) is 4.70. The molecule has 1 heterocycles. The lowest BCUT2D eigenvalue weighted by Crippen LogP contribution is -1.87. The minimum Gasteiger partial charge on any atom is -0.144 e. The van der Waals surface area contributed by atoms with Gasteiger partial charge in [0, 0.05) is 4.70 Å². The van der Waals surface area contributed by atoms with Gasteiger partial charge < -0.3 is 0 Å². The molecule has 0 aliphatic heterocycles. The van der Waals surface area contributed by atoms with E-state index >= 15 is 0 Å². The Morgan fingerprint density at radius 2 is 1.93 bits per heavy atom. The van der Waals surface area contributed by atoms with Gasteiger partial charge in [-0.15, -0.1) is 11.3 Å². The maximum absolute atomic E-state index is 2.36. The molecule has 0 saturated heterocycles. The normalized spacial score (nSPS) is 11.1. The maximum atomic E-state index is 2.36. The SMILES string of the molecule is CCc1cc(CC)c2c(C)csc2c1. The van der Waals surface area contributed by atoms with Gasteiger partial charge in [-0.2, -0.15) is 0 Å². The van der Waals surface area contributed by atoms with Crippen LogP contribution in [-0.4, -0.2) is 0 Å². The number of fused-ring (bicyclic) bond motifs is 1. The summed E-state index contributed by atoms with van der Waals surface area (Å²) in [5, 5.41) is 3.76. The first-order valence-electron chi connectivity index (χ1n) is 5.25. The molecule has 1 aromatic carbocycles. The molecule has 0 spiro atoms. The van der Waals surface area contributed by atoms with E-state index in [1.807, 2.05) is 11.3 Å². The predicted molar refractivity (Wildman–Crippen MR) is 65.3 cm³/mol.